The number of aliphatic carboxylic acids is 1. The molecule has 1 fully saturated rings. The summed E-state index contributed by atoms with van der Waals surface area (Å²) >= 11 is 0. The average Bonchev–Trinajstić information content (AvgIpc) is 3.25. The molecule has 2 atom stereocenters. The largest absolute Gasteiger partial charge is 0.494 e. The Morgan fingerprint density at radius 1 is 1.00 bits per heavy atom. The fourth-order valence-electron chi connectivity index (χ4n) is 4.82. The summed E-state index contributed by atoms with van der Waals surface area (Å²) in [5.41, 5.74) is 4.07. The van der Waals surface area contributed by atoms with Crippen molar-refractivity contribution in [1.29, 1.82) is 0 Å². The summed E-state index contributed by atoms with van der Waals surface area (Å²) in [6, 6.07) is 15.5. The summed E-state index contributed by atoms with van der Waals surface area (Å²) in [7, 11) is 0. The normalized spacial score (nSPS) is 20.3. The number of ether oxygens (including phenoxy) is 2. The third-order valence-corrected chi connectivity index (χ3v) is 6.37. The number of carboxylic acid groups (broad SMARTS) is 1. The minimum Gasteiger partial charge on any atom is -0.494 e. The number of fused-ring (bicyclic) bond motifs is 1. The molecule has 0 spiro atoms. The monoisotopic (exact) mass is 476 g/mol. The van der Waals surface area contributed by atoms with Crippen molar-refractivity contribution < 1.29 is 24.2 Å². The average molecular weight is 477 g/mol. The second-order valence-corrected chi connectivity index (χ2v) is 8.73. The number of carboxylic acids is 1. The van der Waals surface area contributed by atoms with Crippen molar-refractivity contribution in [3.63, 3.8) is 0 Å². The van der Waals surface area contributed by atoms with Gasteiger partial charge in [-0.2, -0.15) is 5.10 Å². The van der Waals surface area contributed by atoms with Crippen LogP contribution < -0.4 is 9.47 Å². The number of allylic oxidation sites excluding steroid dienone is 1. The van der Waals surface area contributed by atoms with Crippen LogP contribution in [0.15, 0.2) is 59.2 Å². The standard InChI is InChI=1S/C28H32N2O5/c1-3-34-22-12-8-19(9-13-22)18-21-6-5-7-24-27(21)29-30(25(31)16-17-26(32)33)28(24)20-10-14-23(15-11-20)35-4-2/h8-15,18,24,28H,3-7,16-17H2,1-2H3,(H,32,33)/b21-18-/t24-,28+/m0/s1. The molecule has 1 amide bonds. The first kappa shape index (κ1) is 24.5. The molecule has 35 heavy (non-hydrogen) atoms. The first-order chi connectivity index (χ1) is 17.0. The molecule has 2 aromatic rings. The summed E-state index contributed by atoms with van der Waals surface area (Å²) in [5.74, 6) is 0.411. The van der Waals surface area contributed by atoms with Gasteiger partial charge in [0.1, 0.15) is 11.5 Å². The van der Waals surface area contributed by atoms with Crippen LogP contribution in [0.2, 0.25) is 0 Å². The van der Waals surface area contributed by atoms with Crippen molar-refractivity contribution in [2.75, 3.05) is 13.2 Å². The number of rotatable bonds is 9. The van der Waals surface area contributed by atoms with E-state index < -0.39 is 5.97 Å². The van der Waals surface area contributed by atoms with E-state index in [2.05, 4.69) is 6.08 Å². The topological polar surface area (TPSA) is 88.4 Å². The molecule has 2 aromatic carbocycles. The third-order valence-electron chi connectivity index (χ3n) is 6.37. The summed E-state index contributed by atoms with van der Waals surface area (Å²) in [6.07, 6.45) is 4.65. The second kappa shape index (κ2) is 11.2. The maximum absolute atomic E-state index is 13.1. The molecular formula is C28H32N2O5. The van der Waals surface area contributed by atoms with Crippen LogP contribution in [0.1, 0.15) is 63.1 Å². The third kappa shape index (κ3) is 5.73. The van der Waals surface area contributed by atoms with Crippen molar-refractivity contribution in [2.45, 2.75) is 52.0 Å². The molecule has 0 radical (unpaired) electrons. The fourth-order valence-corrected chi connectivity index (χ4v) is 4.82. The van der Waals surface area contributed by atoms with Crippen LogP contribution in [0.25, 0.3) is 6.08 Å². The molecule has 2 aliphatic rings. The van der Waals surface area contributed by atoms with Crippen LogP contribution in [-0.4, -0.2) is 40.9 Å². The van der Waals surface area contributed by atoms with Gasteiger partial charge in [-0.3, -0.25) is 9.59 Å². The lowest BCUT2D eigenvalue weighted by molar-refractivity contribution is -0.141. The molecule has 7 nitrogen and oxygen atoms in total. The van der Waals surface area contributed by atoms with E-state index in [9.17, 15) is 9.59 Å². The zero-order chi connectivity index (χ0) is 24.8. The lowest BCUT2D eigenvalue weighted by Gasteiger charge is -2.29. The van der Waals surface area contributed by atoms with Gasteiger partial charge in [0, 0.05) is 12.3 Å². The minimum atomic E-state index is -0.990. The number of hydrogen-bond donors (Lipinski definition) is 1. The maximum Gasteiger partial charge on any atom is 0.303 e. The number of carbonyl (C=O) groups is 2. The van der Waals surface area contributed by atoms with Crippen molar-refractivity contribution in [2.24, 2.45) is 11.0 Å². The molecule has 1 heterocycles. The number of benzene rings is 2. The Bertz CT molecular complexity index is 1110. The van der Waals surface area contributed by atoms with Gasteiger partial charge in [0.15, 0.2) is 0 Å². The molecule has 1 aliphatic heterocycles. The van der Waals surface area contributed by atoms with E-state index in [0.717, 1.165) is 53.2 Å². The molecule has 0 bridgehead atoms. The highest BCUT2D eigenvalue weighted by Gasteiger charge is 2.43. The Morgan fingerprint density at radius 3 is 2.23 bits per heavy atom. The van der Waals surface area contributed by atoms with E-state index >= 15 is 0 Å². The van der Waals surface area contributed by atoms with Crippen molar-refractivity contribution in [1.82, 2.24) is 5.01 Å². The highest BCUT2D eigenvalue weighted by Crippen LogP contribution is 2.45. The molecule has 7 heteroatoms. The molecule has 0 aromatic heterocycles. The minimum absolute atomic E-state index is 0.0596. The van der Waals surface area contributed by atoms with Crippen LogP contribution in [0.5, 0.6) is 11.5 Å². The van der Waals surface area contributed by atoms with Crippen molar-refractivity contribution >= 4 is 23.7 Å². The van der Waals surface area contributed by atoms with E-state index in [1.807, 2.05) is 62.4 Å². The van der Waals surface area contributed by atoms with Gasteiger partial charge >= 0.3 is 5.97 Å². The Labute approximate surface area is 206 Å². The second-order valence-electron chi connectivity index (χ2n) is 8.73. The van der Waals surface area contributed by atoms with E-state index in [4.69, 9.17) is 19.7 Å². The summed E-state index contributed by atoms with van der Waals surface area (Å²) in [5, 5.41) is 15.4. The molecule has 4 rings (SSSR count). The lowest BCUT2D eigenvalue weighted by atomic mass is 9.77. The zero-order valence-corrected chi connectivity index (χ0v) is 20.3. The number of hydrogen-bond acceptors (Lipinski definition) is 5. The van der Waals surface area contributed by atoms with Gasteiger partial charge in [-0.25, -0.2) is 5.01 Å². The highest BCUT2D eigenvalue weighted by atomic mass is 16.5. The number of nitrogens with zero attached hydrogens (tertiary/aromatic N) is 2. The molecule has 1 aliphatic carbocycles. The summed E-state index contributed by atoms with van der Waals surface area (Å²) in [6.45, 7) is 5.10. The number of carbonyl (C=O) groups excluding carboxylic acids is 1. The van der Waals surface area contributed by atoms with E-state index in [1.54, 1.807) is 0 Å². The molecule has 184 valence electrons. The van der Waals surface area contributed by atoms with Crippen LogP contribution in [0, 0.1) is 5.92 Å². The summed E-state index contributed by atoms with van der Waals surface area (Å²) < 4.78 is 11.1. The van der Waals surface area contributed by atoms with Crippen LogP contribution in [0.4, 0.5) is 0 Å². The zero-order valence-electron chi connectivity index (χ0n) is 20.3. The van der Waals surface area contributed by atoms with Gasteiger partial charge in [0.25, 0.3) is 0 Å². The van der Waals surface area contributed by atoms with Gasteiger partial charge in [0.2, 0.25) is 5.91 Å². The van der Waals surface area contributed by atoms with Gasteiger partial charge in [-0.05, 0) is 80.2 Å². The van der Waals surface area contributed by atoms with Gasteiger partial charge in [-0.1, -0.05) is 24.3 Å². The Balaban J connectivity index is 1.66. The summed E-state index contributed by atoms with van der Waals surface area (Å²) in [4.78, 5) is 24.2. The first-order valence-corrected chi connectivity index (χ1v) is 12.3. The SMILES string of the molecule is CCOc1ccc(/C=C2/CCC[C@H]3C2=NN(C(=O)CCC(=O)O)[C@@H]3c2ccc(OCC)cc2)cc1. The van der Waals surface area contributed by atoms with Gasteiger partial charge in [-0.15, -0.1) is 0 Å². The van der Waals surface area contributed by atoms with Crippen LogP contribution in [0.3, 0.4) is 0 Å². The van der Waals surface area contributed by atoms with E-state index in [1.165, 1.54) is 5.01 Å². The molecule has 0 saturated heterocycles. The Kier molecular flexibility index (Phi) is 7.85. The predicted octanol–water partition coefficient (Wildman–Crippen LogP) is 5.47. The highest BCUT2D eigenvalue weighted by molar-refractivity contribution is 6.08. The van der Waals surface area contributed by atoms with Gasteiger partial charge < -0.3 is 14.6 Å². The molecule has 0 unspecified atom stereocenters. The smallest absolute Gasteiger partial charge is 0.303 e. The quantitative estimate of drug-likeness (QED) is 0.518. The van der Waals surface area contributed by atoms with E-state index in [-0.39, 0.29) is 30.7 Å². The Hall–Kier alpha value is -3.61. The van der Waals surface area contributed by atoms with E-state index in [0.29, 0.717) is 13.2 Å². The number of amides is 1. The predicted molar refractivity (Wildman–Crippen MR) is 134 cm³/mol. The lowest BCUT2D eigenvalue weighted by Crippen LogP contribution is -2.32. The van der Waals surface area contributed by atoms with Crippen molar-refractivity contribution in [3.05, 3.63) is 65.2 Å². The molecule has 1 N–H and O–H groups in total. The first-order valence-electron chi connectivity index (χ1n) is 12.3. The number of hydrazone groups is 1. The van der Waals surface area contributed by atoms with Crippen LogP contribution in [-0.2, 0) is 9.59 Å². The molecule has 1 saturated carbocycles. The van der Waals surface area contributed by atoms with Crippen molar-refractivity contribution in [3.8, 4) is 11.5 Å². The Morgan fingerprint density at radius 2 is 1.63 bits per heavy atom. The fraction of sp³-hybridized carbons (Fsp3) is 0.393. The maximum atomic E-state index is 13.1. The molecular weight excluding hydrogens is 444 g/mol. The van der Waals surface area contributed by atoms with Crippen LogP contribution >= 0.6 is 0 Å². The van der Waals surface area contributed by atoms with Gasteiger partial charge in [0.05, 0.1) is 31.4 Å².